The number of nitrogen functional groups attached to an aromatic ring is 1. The van der Waals surface area contributed by atoms with Crippen LogP contribution in [0, 0.1) is 5.41 Å². The minimum Gasteiger partial charge on any atom is -0.382 e. The number of rotatable bonds is 6. The molecule has 0 radical (unpaired) electrons. The standard InChI is InChI=1S/C11H18N4O/c1-3-16-8-7-15(2)9-5-4-6-14-10(9)11(12)13/h4-6H,3,7-8H2,1-2H3,(H3,12,13). The minimum atomic E-state index is -0.0149. The zero-order valence-electron chi connectivity index (χ0n) is 9.73. The van der Waals surface area contributed by atoms with Gasteiger partial charge in [-0.1, -0.05) is 0 Å². The predicted octanol–water partition coefficient (Wildman–Crippen LogP) is 0.838. The maximum atomic E-state index is 7.44. The number of hydrogen-bond acceptors (Lipinski definition) is 4. The lowest BCUT2D eigenvalue weighted by molar-refractivity contribution is 0.154. The fourth-order valence-corrected chi connectivity index (χ4v) is 1.38. The van der Waals surface area contributed by atoms with Gasteiger partial charge in [0.05, 0.1) is 12.3 Å². The quantitative estimate of drug-likeness (QED) is 0.425. The van der Waals surface area contributed by atoms with Crippen LogP contribution in [0.15, 0.2) is 18.3 Å². The molecule has 0 bridgehead atoms. The zero-order valence-corrected chi connectivity index (χ0v) is 9.73. The summed E-state index contributed by atoms with van der Waals surface area (Å²) in [5, 5.41) is 7.44. The number of nitrogens with one attached hydrogen (secondary N) is 1. The van der Waals surface area contributed by atoms with Crippen LogP contribution < -0.4 is 10.6 Å². The molecule has 1 heterocycles. The molecule has 0 atom stereocenters. The summed E-state index contributed by atoms with van der Waals surface area (Å²) in [4.78, 5) is 6.08. The second-order valence-electron chi connectivity index (χ2n) is 3.40. The van der Waals surface area contributed by atoms with E-state index in [0.717, 1.165) is 12.2 Å². The Hall–Kier alpha value is -1.62. The second kappa shape index (κ2) is 6.07. The summed E-state index contributed by atoms with van der Waals surface area (Å²) in [5.41, 5.74) is 6.84. The smallest absolute Gasteiger partial charge is 0.143 e. The molecule has 1 aromatic rings. The number of anilines is 1. The summed E-state index contributed by atoms with van der Waals surface area (Å²) in [6.07, 6.45) is 1.64. The first-order valence-corrected chi connectivity index (χ1v) is 5.25. The molecule has 0 aliphatic rings. The Balaban J connectivity index is 2.74. The molecular formula is C11H18N4O. The Morgan fingerprint density at radius 3 is 3.00 bits per heavy atom. The highest BCUT2D eigenvalue weighted by molar-refractivity contribution is 5.98. The number of hydrogen-bond donors (Lipinski definition) is 2. The van der Waals surface area contributed by atoms with Crippen molar-refractivity contribution < 1.29 is 4.74 Å². The highest BCUT2D eigenvalue weighted by atomic mass is 16.5. The fourth-order valence-electron chi connectivity index (χ4n) is 1.38. The van der Waals surface area contributed by atoms with Crippen LogP contribution in [0.1, 0.15) is 12.6 Å². The second-order valence-corrected chi connectivity index (χ2v) is 3.40. The van der Waals surface area contributed by atoms with Gasteiger partial charge in [-0.15, -0.1) is 0 Å². The highest BCUT2D eigenvalue weighted by Crippen LogP contribution is 2.15. The average Bonchev–Trinajstić information content (AvgIpc) is 2.29. The van der Waals surface area contributed by atoms with E-state index in [2.05, 4.69) is 4.98 Å². The molecule has 5 nitrogen and oxygen atoms in total. The van der Waals surface area contributed by atoms with Crippen molar-refractivity contribution in [3.63, 3.8) is 0 Å². The van der Waals surface area contributed by atoms with Crippen molar-refractivity contribution in [3.8, 4) is 0 Å². The van der Waals surface area contributed by atoms with Crippen LogP contribution in [-0.4, -0.2) is 37.6 Å². The Morgan fingerprint density at radius 1 is 1.62 bits per heavy atom. The Bertz CT molecular complexity index is 354. The van der Waals surface area contributed by atoms with E-state index in [-0.39, 0.29) is 5.84 Å². The predicted molar refractivity (Wildman–Crippen MR) is 65.0 cm³/mol. The summed E-state index contributed by atoms with van der Waals surface area (Å²) >= 11 is 0. The first-order valence-electron chi connectivity index (χ1n) is 5.25. The average molecular weight is 222 g/mol. The third kappa shape index (κ3) is 3.20. The number of pyridine rings is 1. The maximum absolute atomic E-state index is 7.44. The molecular weight excluding hydrogens is 204 g/mol. The summed E-state index contributed by atoms with van der Waals surface area (Å²) < 4.78 is 5.28. The van der Waals surface area contributed by atoms with E-state index in [9.17, 15) is 0 Å². The van der Waals surface area contributed by atoms with Crippen LogP contribution in [0.3, 0.4) is 0 Å². The number of likely N-dealkylation sites (N-methyl/N-ethyl adjacent to an activating group) is 1. The van der Waals surface area contributed by atoms with Gasteiger partial charge < -0.3 is 15.4 Å². The van der Waals surface area contributed by atoms with Crippen molar-refractivity contribution >= 4 is 11.5 Å². The molecule has 0 aliphatic heterocycles. The van der Waals surface area contributed by atoms with E-state index < -0.39 is 0 Å². The van der Waals surface area contributed by atoms with Crippen LogP contribution in [0.5, 0.6) is 0 Å². The molecule has 0 fully saturated rings. The molecule has 16 heavy (non-hydrogen) atoms. The van der Waals surface area contributed by atoms with Crippen molar-refractivity contribution in [2.24, 2.45) is 5.73 Å². The molecule has 1 aromatic heterocycles. The Labute approximate surface area is 95.7 Å². The molecule has 0 saturated heterocycles. The van der Waals surface area contributed by atoms with Gasteiger partial charge in [0.25, 0.3) is 0 Å². The normalized spacial score (nSPS) is 10.1. The maximum Gasteiger partial charge on any atom is 0.143 e. The number of nitrogens with zero attached hydrogens (tertiary/aromatic N) is 2. The van der Waals surface area contributed by atoms with E-state index >= 15 is 0 Å². The van der Waals surface area contributed by atoms with E-state index in [1.165, 1.54) is 0 Å². The molecule has 88 valence electrons. The van der Waals surface area contributed by atoms with Crippen LogP contribution in [0.25, 0.3) is 0 Å². The van der Waals surface area contributed by atoms with E-state index in [0.29, 0.717) is 18.9 Å². The molecule has 1 rings (SSSR count). The zero-order chi connectivity index (χ0) is 12.0. The summed E-state index contributed by atoms with van der Waals surface area (Å²) in [7, 11) is 1.93. The summed E-state index contributed by atoms with van der Waals surface area (Å²) in [6.45, 7) is 4.07. The number of amidine groups is 1. The van der Waals surface area contributed by atoms with E-state index in [4.69, 9.17) is 15.9 Å². The van der Waals surface area contributed by atoms with Gasteiger partial charge in [-0.25, -0.2) is 0 Å². The number of ether oxygens (including phenoxy) is 1. The van der Waals surface area contributed by atoms with E-state index in [1.807, 2.05) is 31.0 Å². The van der Waals surface area contributed by atoms with Gasteiger partial charge in [0, 0.05) is 26.4 Å². The van der Waals surface area contributed by atoms with Gasteiger partial charge in [-0.05, 0) is 19.1 Å². The third-order valence-corrected chi connectivity index (χ3v) is 2.23. The first kappa shape index (κ1) is 12.4. The lowest BCUT2D eigenvalue weighted by Crippen LogP contribution is -2.26. The van der Waals surface area contributed by atoms with Gasteiger partial charge in [0.15, 0.2) is 0 Å². The van der Waals surface area contributed by atoms with Crippen LogP contribution in [0.4, 0.5) is 5.69 Å². The monoisotopic (exact) mass is 222 g/mol. The van der Waals surface area contributed by atoms with Gasteiger partial charge in [0.2, 0.25) is 0 Å². The van der Waals surface area contributed by atoms with Crippen LogP contribution in [-0.2, 0) is 4.74 Å². The van der Waals surface area contributed by atoms with Crippen molar-refractivity contribution in [1.29, 1.82) is 5.41 Å². The first-order chi connectivity index (χ1) is 7.66. The van der Waals surface area contributed by atoms with Crippen molar-refractivity contribution in [2.75, 3.05) is 31.7 Å². The summed E-state index contributed by atoms with van der Waals surface area (Å²) in [6, 6.07) is 3.73. The fraction of sp³-hybridized carbons (Fsp3) is 0.455. The van der Waals surface area contributed by atoms with Gasteiger partial charge in [0.1, 0.15) is 11.5 Å². The Morgan fingerprint density at radius 2 is 2.38 bits per heavy atom. The molecule has 0 amide bonds. The summed E-state index contributed by atoms with van der Waals surface area (Å²) in [5.74, 6) is -0.0149. The molecule has 0 unspecified atom stereocenters. The number of aromatic nitrogens is 1. The van der Waals surface area contributed by atoms with Gasteiger partial charge in [-0.3, -0.25) is 10.4 Å². The number of nitrogens with two attached hydrogens (primary N) is 1. The molecule has 0 spiro atoms. The van der Waals surface area contributed by atoms with Crippen LogP contribution >= 0.6 is 0 Å². The molecule has 0 aliphatic carbocycles. The molecule has 5 heteroatoms. The van der Waals surface area contributed by atoms with Crippen LogP contribution in [0.2, 0.25) is 0 Å². The lowest BCUT2D eigenvalue weighted by Gasteiger charge is -2.20. The SMILES string of the molecule is CCOCCN(C)c1cccnc1C(=N)N. The molecule has 0 saturated carbocycles. The molecule has 3 N–H and O–H groups in total. The van der Waals surface area contributed by atoms with E-state index in [1.54, 1.807) is 6.20 Å². The highest BCUT2D eigenvalue weighted by Gasteiger charge is 2.09. The van der Waals surface area contributed by atoms with Crippen molar-refractivity contribution in [1.82, 2.24) is 4.98 Å². The minimum absolute atomic E-state index is 0.0149. The van der Waals surface area contributed by atoms with Gasteiger partial charge >= 0.3 is 0 Å². The van der Waals surface area contributed by atoms with Crippen molar-refractivity contribution in [3.05, 3.63) is 24.0 Å². The lowest BCUT2D eigenvalue weighted by atomic mass is 10.2. The van der Waals surface area contributed by atoms with Crippen molar-refractivity contribution in [2.45, 2.75) is 6.92 Å². The van der Waals surface area contributed by atoms with Gasteiger partial charge in [-0.2, -0.15) is 0 Å². The third-order valence-electron chi connectivity index (χ3n) is 2.23. The topological polar surface area (TPSA) is 75.2 Å². The molecule has 0 aromatic carbocycles. The largest absolute Gasteiger partial charge is 0.382 e. The Kier molecular flexibility index (Phi) is 4.72.